The Balaban J connectivity index is 1.58. The molecular formula is C30H27N3OSi. The summed E-state index contributed by atoms with van der Waals surface area (Å²) in [5.41, 5.74) is 5.20. The Morgan fingerprint density at radius 2 is 1.57 bits per heavy atom. The van der Waals surface area contributed by atoms with Gasteiger partial charge in [-0.2, -0.15) is 0 Å². The molecule has 0 amide bonds. The van der Waals surface area contributed by atoms with Crippen molar-refractivity contribution >= 4 is 51.3 Å². The van der Waals surface area contributed by atoms with Crippen LogP contribution in [0.5, 0.6) is 5.75 Å². The van der Waals surface area contributed by atoms with Crippen LogP contribution in [0.2, 0.25) is 13.1 Å². The van der Waals surface area contributed by atoms with Crippen molar-refractivity contribution in [3.05, 3.63) is 96.2 Å². The highest BCUT2D eigenvalue weighted by molar-refractivity contribution is 7.00. The van der Waals surface area contributed by atoms with Gasteiger partial charge in [-0.1, -0.05) is 54.7 Å². The Bertz CT molecular complexity index is 1770. The smallest absolute Gasteiger partial charge is 0.142 e. The van der Waals surface area contributed by atoms with Crippen LogP contribution in [0.3, 0.4) is 0 Å². The fourth-order valence-corrected chi connectivity index (χ4v) is 7.29. The summed E-state index contributed by atoms with van der Waals surface area (Å²) in [5.74, 6) is 1.17. The topological polar surface area (TPSA) is 50.9 Å². The molecule has 0 saturated carbocycles. The zero-order valence-corrected chi connectivity index (χ0v) is 21.4. The zero-order chi connectivity index (χ0) is 24.3. The van der Waals surface area contributed by atoms with Gasteiger partial charge in [0.2, 0.25) is 0 Å². The number of nitrogens with zero attached hydrogens (tertiary/aromatic N) is 3. The molecule has 0 aliphatic carbocycles. The lowest BCUT2D eigenvalue weighted by atomic mass is 10.1. The molecule has 0 aliphatic heterocycles. The van der Waals surface area contributed by atoms with E-state index in [1.165, 1.54) is 21.5 Å². The molecule has 0 saturated heterocycles. The van der Waals surface area contributed by atoms with Gasteiger partial charge in [0.05, 0.1) is 11.0 Å². The second-order valence-corrected chi connectivity index (χ2v) is 14.3. The molecule has 0 unspecified atom stereocenters. The molecular weight excluding hydrogens is 446 g/mol. The summed E-state index contributed by atoms with van der Waals surface area (Å²) in [6.07, 6.45) is 1.88. The molecule has 172 valence electrons. The molecule has 0 spiro atoms. The van der Waals surface area contributed by atoms with Crippen molar-refractivity contribution in [2.24, 2.45) is 0 Å². The highest BCUT2D eigenvalue weighted by Crippen LogP contribution is 2.31. The second kappa shape index (κ2) is 7.78. The van der Waals surface area contributed by atoms with E-state index in [0.29, 0.717) is 5.52 Å². The van der Waals surface area contributed by atoms with Gasteiger partial charge in [0.25, 0.3) is 0 Å². The van der Waals surface area contributed by atoms with Crippen LogP contribution in [0, 0.1) is 13.8 Å². The summed E-state index contributed by atoms with van der Waals surface area (Å²) in [7, 11) is -2.17. The fraction of sp³-hybridized carbons (Fsp3) is 0.133. The summed E-state index contributed by atoms with van der Waals surface area (Å²) >= 11 is 0. The van der Waals surface area contributed by atoms with Gasteiger partial charge in [-0.25, -0.2) is 4.98 Å². The summed E-state index contributed by atoms with van der Waals surface area (Å²) in [5, 5.41) is 16.3. The summed E-state index contributed by atoms with van der Waals surface area (Å²) in [6.45, 7) is 8.74. The average molecular weight is 474 g/mol. The predicted molar refractivity (Wildman–Crippen MR) is 148 cm³/mol. The molecule has 0 radical (unpaired) electrons. The maximum absolute atomic E-state index is 10.6. The van der Waals surface area contributed by atoms with E-state index in [0.717, 1.165) is 33.1 Å². The van der Waals surface area contributed by atoms with Crippen molar-refractivity contribution in [3.63, 3.8) is 0 Å². The van der Waals surface area contributed by atoms with Crippen molar-refractivity contribution in [1.29, 1.82) is 0 Å². The lowest BCUT2D eigenvalue weighted by molar-refractivity contribution is 0.480. The van der Waals surface area contributed by atoms with Crippen LogP contribution in [0.1, 0.15) is 11.1 Å². The number of aryl methyl sites for hydroxylation is 2. The lowest BCUT2D eigenvalue weighted by Crippen LogP contribution is -2.54. The third-order valence-electron chi connectivity index (χ3n) is 7.08. The Kier molecular flexibility index (Phi) is 4.80. The van der Waals surface area contributed by atoms with Gasteiger partial charge < -0.3 is 5.11 Å². The number of rotatable bonds is 3. The maximum atomic E-state index is 10.6. The minimum absolute atomic E-state index is 0.243. The molecule has 6 aromatic rings. The van der Waals surface area contributed by atoms with Crippen LogP contribution in [-0.2, 0) is 0 Å². The third kappa shape index (κ3) is 3.42. The number of aromatic nitrogens is 3. The number of hydrogen-bond donors (Lipinski definition) is 1. The van der Waals surface area contributed by atoms with E-state index in [2.05, 4.69) is 91.3 Å². The minimum Gasteiger partial charge on any atom is -0.506 e. The molecule has 0 fully saturated rings. The molecule has 3 aromatic carbocycles. The standard InChI is InChI=1S/C30H27N3OSi/c1-19-13-14-31-28(17-19)33-25-8-6-5-7-23(25)24-11-10-22(18-26(24)33)35(3,4)29-12-9-21-15-20(2)16-27(34)30(21)32-29/h5-18,34H,1-4H3. The highest BCUT2D eigenvalue weighted by atomic mass is 28.3. The minimum atomic E-state index is -2.17. The van der Waals surface area contributed by atoms with E-state index in [1.54, 1.807) is 6.07 Å². The molecule has 0 atom stereocenters. The molecule has 3 heterocycles. The Morgan fingerprint density at radius 1 is 0.771 bits per heavy atom. The van der Waals surface area contributed by atoms with Gasteiger partial charge in [-0.3, -0.25) is 9.55 Å². The molecule has 3 aromatic heterocycles. The first-order valence-electron chi connectivity index (χ1n) is 11.9. The number of fused-ring (bicyclic) bond motifs is 4. The number of hydrogen-bond acceptors (Lipinski definition) is 3. The van der Waals surface area contributed by atoms with Gasteiger partial charge in [0.15, 0.2) is 0 Å². The molecule has 6 rings (SSSR count). The summed E-state index contributed by atoms with van der Waals surface area (Å²) in [6, 6.07) is 27.6. The number of phenolic OH excluding ortho intramolecular Hbond substituents is 1. The van der Waals surface area contributed by atoms with Gasteiger partial charge in [-0.05, 0) is 67.4 Å². The second-order valence-electron chi connectivity index (χ2n) is 9.95. The van der Waals surface area contributed by atoms with Crippen LogP contribution in [0.4, 0.5) is 0 Å². The number of benzene rings is 3. The van der Waals surface area contributed by atoms with Crippen LogP contribution >= 0.6 is 0 Å². The van der Waals surface area contributed by atoms with Gasteiger partial charge >= 0.3 is 0 Å². The summed E-state index contributed by atoms with van der Waals surface area (Å²) in [4.78, 5) is 9.69. The van der Waals surface area contributed by atoms with E-state index in [1.807, 2.05) is 19.2 Å². The van der Waals surface area contributed by atoms with Gasteiger partial charge in [0.1, 0.15) is 25.2 Å². The number of pyridine rings is 2. The fourth-order valence-electron chi connectivity index (χ4n) is 5.11. The Labute approximate surface area is 205 Å². The third-order valence-corrected chi connectivity index (χ3v) is 10.4. The van der Waals surface area contributed by atoms with E-state index >= 15 is 0 Å². The molecule has 4 nitrogen and oxygen atoms in total. The van der Waals surface area contributed by atoms with Crippen LogP contribution in [0.25, 0.3) is 38.5 Å². The first-order valence-corrected chi connectivity index (χ1v) is 14.9. The monoisotopic (exact) mass is 473 g/mol. The number of aromatic hydroxyl groups is 1. The molecule has 5 heteroatoms. The van der Waals surface area contributed by atoms with Gasteiger partial charge in [0, 0.05) is 27.7 Å². The Hall–Kier alpha value is -3.96. The number of para-hydroxylation sites is 1. The van der Waals surface area contributed by atoms with Crippen molar-refractivity contribution in [1.82, 2.24) is 14.5 Å². The van der Waals surface area contributed by atoms with Crippen molar-refractivity contribution in [2.75, 3.05) is 0 Å². The van der Waals surface area contributed by atoms with E-state index in [9.17, 15) is 5.11 Å². The molecule has 1 N–H and O–H groups in total. The van der Waals surface area contributed by atoms with Crippen LogP contribution < -0.4 is 10.5 Å². The highest BCUT2D eigenvalue weighted by Gasteiger charge is 2.29. The van der Waals surface area contributed by atoms with Crippen molar-refractivity contribution in [2.45, 2.75) is 26.9 Å². The van der Waals surface area contributed by atoms with Crippen molar-refractivity contribution < 1.29 is 5.11 Å². The quantitative estimate of drug-likeness (QED) is 0.327. The van der Waals surface area contributed by atoms with E-state index in [-0.39, 0.29) is 5.75 Å². The number of phenols is 1. The lowest BCUT2D eigenvalue weighted by Gasteiger charge is -2.23. The normalized spacial score (nSPS) is 12.1. The van der Waals surface area contributed by atoms with Gasteiger partial charge in [-0.15, -0.1) is 0 Å². The van der Waals surface area contributed by atoms with E-state index in [4.69, 9.17) is 9.97 Å². The Morgan fingerprint density at radius 3 is 2.40 bits per heavy atom. The largest absolute Gasteiger partial charge is 0.506 e. The first-order chi connectivity index (χ1) is 16.8. The maximum Gasteiger partial charge on any atom is 0.142 e. The SMILES string of the molecule is Cc1ccnc(-n2c3ccccc3c3ccc([Si](C)(C)c4ccc5cc(C)cc(O)c5n4)cc32)c1. The zero-order valence-electron chi connectivity index (χ0n) is 20.4. The first kappa shape index (κ1) is 21.6. The molecule has 0 bridgehead atoms. The van der Waals surface area contributed by atoms with Crippen molar-refractivity contribution in [3.8, 4) is 11.6 Å². The molecule has 35 heavy (non-hydrogen) atoms. The average Bonchev–Trinajstić information content (AvgIpc) is 3.17. The molecule has 0 aliphatic rings. The summed E-state index contributed by atoms with van der Waals surface area (Å²) < 4.78 is 2.27. The predicted octanol–water partition coefficient (Wildman–Crippen LogP) is 5.87. The van der Waals surface area contributed by atoms with Crippen LogP contribution in [0.15, 0.2) is 85.1 Å². The van der Waals surface area contributed by atoms with E-state index < -0.39 is 8.07 Å². The van der Waals surface area contributed by atoms with Crippen LogP contribution in [-0.4, -0.2) is 27.7 Å².